The van der Waals surface area contributed by atoms with Crippen molar-refractivity contribution in [3.05, 3.63) is 29.8 Å². The molecule has 158 valence electrons. The summed E-state index contributed by atoms with van der Waals surface area (Å²) in [5.74, 6) is 0.389. The van der Waals surface area contributed by atoms with Crippen LogP contribution in [0.2, 0.25) is 0 Å². The Balaban J connectivity index is 1.41. The number of hydrogen-bond acceptors (Lipinski definition) is 6. The smallest absolute Gasteiger partial charge is 0.337 e. The van der Waals surface area contributed by atoms with Crippen molar-refractivity contribution in [1.29, 1.82) is 0 Å². The third-order valence-electron chi connectivity index (χ3n) is 6.74. The van der Waals surface area contributed by atoms with E-state index in [2.05, 4.69) is 0 Å². The van der Waals surface area contributed by atoms with Gasteiger partial charge in [-0.3, -0.25) is 4.79 Å². The van der Waals surface area contributed by atoms with Gasteiger partial charge in [0.25, 0.3) is 5.91 Å². The van der Waals surface area contributed by atoms with Crippen LogP contribution < -0.4 is 4.74 Å². The van der Waals surface area contributed by atoms with Gasteiger partial charge in [-0.2, -0.15) is 0 Å². The topological polar surface area (TPSA) is 96.3 Å². The first kappa shape index (κ1) is 20.2. The van der Waals surface area contributed by atoms with Crippen LogP contribution in [0.5, 0.6) is 5.75 Å². The van der Waals surface area contributed by atoms with Crippen LogP contribution in [-0.4, -0.2) is 65.0 Å². The lowest BCUT2D eigenvalue weighted by Crippen LogP contribution is -2.46. The number of methoxy groups -OCH3 is 1. The molecule has 2 saturated carbocycles. The third-order valence-corrected chi connectivity index (χ3v) is 6.74. The van der Waals surface area contributed by atoms with Crippen LogP contribution in [0.3, 0.4) is 0 Å². The Morgan fingerprint density at radius 3 is 2.52 bits per heavy atom. The monoisotopic (exact) mass is 403 g/mol. The maximum Gasteiger partial charge on any atom is 0.337 e. The number of carbonyl (C=O) groups excluding carboxylic acids is 2. The standard InChI is InChI=1S/C22H29NO6/c1-28-20(25)14-5-4-6-17(9-14)29-19-11-16-13-23(12-15(16)10-18(19)24)21(26)22(27)7-2-3-8-22/h4-6,9,15-16,18-19,24,27H,2-3,7-8,10-13H2,1H3/t15-,16+,18+,19+/m0/s1. The molecular formula is C22H29NO6. The Morgan fingerprint density at radius 1 is 1.14 bits per heavy atom. The Kier molecular flexibility index (Phi) is 5.53. The van der Waals surface area contributed by atoms with Crippen LogP contribution in [0.1, 0.15) is 48.9 Å². The number of ether oxygens (including phenoxy) is 2. The summed E-state index contributed by atoms with van der Waals surface area (Å²) in [6.07, 6.45) is 3.04. The molecule has 7 nitrogen and oxygen atoms in total. The highest BCUT2D eigenvalue weighted by Crippen LogP contribution is 2.40. The molecule has 29 heavy (non-hydrogen) atoms. The minimum atomic E-state index is -1.20. The number of carbonyl (C=O) groups is 2. The van der Waals surface area contributed by atoms with E-state index in [0.29, 0.717) is 50.1 Å². The fraction of sp³-hybridized carbons (Fsp3) is 0.636. The summed E-state index contributed by atoms with van der Waals surface area (Å²) in [5.41, 5.74) is -0.799. The van der Waals surface area contributed by atoms with Crippen molar-refractivity contribution in [2.24, 2.45) is 11.8 Å². The maximum absolute atomic E-state index is 12.8. The predicted molar refractivity (Wildman–Crippen MR) is 104 cm³/mol. The number of nitrogens with zero attached hydrogens (tertiary/aromatic N) is 1. The van der Waals surface area contributed by atoms with E-state index in [1.165, 1.54) is 7.11 Å². The Bertz CT molecular complexity index is 774. The molecule has 1 heterocycles. The van der Waals surface area contributed by atoms with Gasteiger partial charge >= 0.3 is 5.97 Å². The molecule has 1 aromatic carbocycles. The van der Waals surface area contributed by atoms with E-state index in [4.69, 9.17) is 9.47 Å². The molecule has 1 aromatic rings. The van der Waals surface area contributed by atoms with Crippen LogP contribution in [0.4, 0.5) is 0 Å². The third kappa shape index (κ3) is 3.98. The predicted octanol–water partition coefficient (Wildman–Crippen LogP) is 1.75. The first-order valence-corrected chi connectivity index (χ1v) is 10.4. The Hall–Kier alpha value is -2.12. The molecule has 4 rings (SSSR count). The number of aliphatic hydroxyl groups excluding tert-OH is 1. The summed E-state index contributed by atoms with van der Waals surface area (Å²) < 4.78 is 10.8. The number of rotatable bonds is 4. The van der Waals surface area contributed by atoms with Gasteiger partial charge in [0.2, 0.25) is 0 Å². The van der Waals surface area contributed by atoms with Gasteiger partial charge in [-0.1, -0.05) is 6.07 Å². The van der Waals surface area contributed by atoms with Crippen LogP contribution in [-0.2, 0) is 9.53 Å². The first-order valence-electron chi connectivity index (χ1n) is 10.4. The molecule has 1 saturated heterocycles. The molecule has 1 aliphatic heterocycles. The molecule has 3 aliphatic rings. The minimum Gasteiger partial charge on any atom is -0.488 e. The molecule has 7 heteroatoms. The second-order valence-electron chi connectivity index (χ2n) is 8.68. The SMILES string of the molecule is COC(=O)c1cccc(O[C@@H]2C[C@@H]3CN(C(=O)C4(O)CCCC4)C[C@@H]3C[C@H]2O)c1. The number of hydrogen-bond donors (Lipinski definition) is 2. The number of fused-ring (bicyclic) bond motifs is 1. The Morgan fingerprint density at radius 2 is 1.83 bits per heavy atom. The normalized spacial score (nSPS) is 30.7. The highest BCUT2D eigenvalue weighted by molar-refractivity contribution is 5.89. The van der Waals surface area contributed by atoms with E-state index in [-0.39, 0.29) is 17.7 Å². The fourth-order valence-corrected chi connectivity index (χ4v) is 5.14. The van der Waals surface area contributed by atoms with Crippen molar-refractivity contribution in [3.8, 4) is 5.75 Å². The van der Waals surface area contributed by atoms with Crippen LogP contribution in [0.15, 0.2) is 24.3 Å². The van der Waals surface area contributed by atoms with Crippen LogP contribution in [0.25, 0.3) is 0 Å². The average molecular weight is 403 g/mol. The Labute approximate surface area is 170 Å². The number of aliphatic hydroxyl groups is 2. The molecule has 3 fully saturated rings. The maximum atomic E-state index is 12.8. The zero-order valence-electron chi connectivity index (χ0n) is 16.8. The molecule has 2 aliphatic carbocycles. The van der Waals surface area contributed by atoms with Gasteiger partial charge in [-0.25, -0.2) is 4.79 Å². The number of benzene rings is 1. The van der Waals surface area contributed by atoms with E-state index < -0.39 is 23.8 Å². The van der Waals surface area contributed by atoms with Crippen molar-refractivity contribution < 1.29 is 29.3 Å². The van der Waals surface area contributed by atoms with Crippen LogP contribution >= 0.6 is 0 Å². The zero-order chi connectivity index (χ0) is 20.6. The van der Waals surface area contributed by atoms with E-state index >= 15 is 0 Å². The quantitative estimate of drug-likeness (QED) is 0.744. The second-order valence-corrected chi connectivity index (χ2v) is 8.68. The molecule has 0 unspecified atom stereocenters. The summed E-state index contributed by atoms with van der Waals surface area (Å²) in [5, 5.41) is 21.3. The highest BCUT2D eigenvalue weighted by Gasteiger charge is 2.48. The van der Waals surface area contributed by atoms with Crippen molar-refractivity contribution in [1.82, 2.24) is 4.90 Å². The first-order chi connectivity index (χ1) is 13.9. The summed E-state index contributed by atoms with van der Waals surface area (Å²) >= 11 is 0. The van der Waals surface area contributed by atoms with E-state index in [9.17, 15) is 19.8 Å². The molecule has 0 spiro atoms. The van der Waals surface area contributed by atoms with Gasteiger partial charge in [0.05, 0.1) is 18.8 Å². The van der Waals surface area contributed by atoms with Crippen LogP contribution in [0, 0.1) is 11.8 Å². The summed E-state index contributed by atoms with van der Waals surface area (Å²) in [4.78, 5) is 26.3. The van der Waals surface area contributed by atoms with E-state index in [1.54, 1.807) is 29.2 Å². The minimum absolute atomic E-state index is 0.151. The molecule has 4 atom stereocenters. The van der Waals surface area contributed by atoms with Crippen molar-refractivity contribution in [3.63, 3.8) is 0 Å². The molecular weight excluding hydrogens is 374 g/mol. The van der Waals surface area contributed by atoms with Gasteiger partial charge in [0, 0.05) is 13.1 Å². The lowest BCUT2D eigenvalue weighted by atomic mass is 9.78. The van der Waals surface area contributed by atoms with Gasteiger partial charge in [-0.15, -0.1) is 0 Å². The molecule has 2 N–H and O–H groups in total. The van der Waals surface area contributed by atoms with Crippen molar-refractivity contribution in [2.45, 2.75) is 56.3 Å². The molecule has 1 amide bonds. The molecule has 0 radical (unpaired) electrons. The van der Waals surface area contributed by atoms with Crippen molar-refractivity contribution >= 4 is 11.9 Å². The average Bonchev–Trinajstić information content (AvgIpc) is 3.34. The van der Waals surface area contributed by atoms with E-state index in [1.807, 2.05) is 0 Å². The molecule has 0 aromatic heterocycles. The highest BCUT2D eigenvalue weighted by atomic mass is 16.5. The second kappa shape index (κ2) is 7.95. The number of amides is 1. The number of esters is 1. The van der Waals surface area contributed by atoms with Gasteiger partial charge < -0.3 is 24.6 Å². The van der Waals surface area contributed by atoms with Gasteiger partial charge in [0.1, 0.15) is 17.5 Å². The van der Waals surface area contributed by atoms with E-state index in [0.717, 1.165) is 12.8 Å². The van der Waals surface area contributed by atoms with Gasteiger partial charge in [0.15, 0.2) is 0 Å². The number of likely N-dealkylation sites (tertiary alicyclic amines) is 1. The zero-order valence-corrected chi connectivity index (χ0v) is 16.8. The largest absolute Gasteiger partial charge is 0.488 e. The summed E-state index contributed by atoms with van der Waals surface area (Å²) in [6.45, 7) is 1.19. The summed E-state index contributed by atoms with van der Waals surface area (Å²) in [6, 6.07) is 6.74. The lowest BCUT2D eigenvalue weighted by molar-refractivity contribution is -0.149. The molecule has 0 bridgehead atoms. The van der Waals surface area contributed by atoms with Gasteiger partial charge in [-0.05, 0) is 68.6 Å². The van der Waals surface area contributed by atoms with Crippen molar-refractivity contribution in [2.75, 3.05) is 20.2 Å². The summed E-state index contributed by atoms with van der Waals surface area (Å²) in [7, 11) is 1.33. The lowest BCUT2D eigenvalue weighted by Gasteiger charge is -2.35. The fourth-order valence-electron chi connectivity index (χ4n) is 5.14.